The Morgan fingerprint density at radius 3 is 2.29 bits per heavy atom. The Hall–Kier alpha value is -0.450. The summed E-state index contributed by atoms with van der Waals surface area (Å²) in [5.74, 6) is -0.764. The molecule has 0 fully saturated rings. The molecule has 0 heterocycles. The lowest BCUT2D eigenvalue weighted by molar-refractivity contribution is -0.129. The molecule has 0 aromatic heterocycles. The molecule has 0 amide bonds. The molecule has 1 atom stereocenters. The van der Waals surface area contributed by atoms with Crippen molar-refractivity contribution < 1.29 is 15.0 Å². The monoisotopic (exact) mass is 105 g/mol. The zero-order valence-electron chi connectivity index (χ0n) is 3.66. The summed E-state index contributed by atoms with van der Waals surface area (Å²) in [7, 11) is 0. The molecule has 0 aliphatic carbocycles. The minimum absolute atomic E-state index is 0.697. The Bertz CT molecular complexity index is 70.6. The second-order valence-corrected chi connectivity index (χ2v) is 1.07. The van der Waals surface area contributed by atoms with Crippen molar-refractivity contribution in [3.63, 3.8) is 0 Å². The molecule has 7 heavy (non-hydrogen) atoms. The van der Waals surface area contributed by atoms with Gasteiger partial charge in [-0.2, -0.15) is 0 Å². The molecule has 4 nitrogen and oxygen atoms in total. The van der Waals surface area contributed by atoms with Crippen molar-refractivity contribution in [2.75, 3.05) is 6.61 Å². The van der Waals surface area contributed by atoms with Crippen molar-refractivity contribution in [3.05, 3.63) is 0 Å². The van der Waals surface area contributed by atoms with Gasteiger partial charge in [-0.1, -0.05) is 0 Å². The van der Waals surface area contributed by atoms with Gasteiger partial charge in [0.25, 0.3) is 0 Å². The molecule has 0 bridgehead atoms. The Morgan fingerprint density at radius 2 is 2.29 bits per heavy atom. The zero-order valence-corrected chi connectivity index (χ0v) is 3.66. The number of carbonyl (C=O) groups is 1. The Labute approximate surface area is 40.6 Å². The first-order valence-electron chi connectivity index (χ1n) is 1.75. The van der Waals surface area contributed by atoms with Crippen molar-refractivity contribution in [3.8, 4) is 0 Å². The van der Waals surface area contributed by atoms with Gasteiger partial charge in [-0.3, -0.25) is 10.5 Å². The average molecular weight is 105 g/mol. The first-order chi connectivity index (χ1) is 3.18. The maximum Gasteiger partial charge on any atom is 0.201 e. The minimum Gasteiger partial charge on any atom is -0.388 e. The average Bonchev–Trinajstić information content (AvgIpc) is 1.65. The van der Waals surface area contributed by atoms with Gasteiger partial charge in [-0.05, 0) is 0 Å². The third kappa shape index (κ3) is 2.27. The SMILES string of the molecule is NC(O)C(=O)CO. The zero-order chi connectivity index (χ0) is 5.86. The van der Waals surface area contributed by atoms with Crippen molar-refractivity contribution in [2.24, 2.45) is 5.73 Å². The van der Waals surface area contributed by atoms with Gasteiger partial charge in [0.1, 0.15) is 6.61 Å². The van der Waals surface area contributed by atoms with Gasteiger partial charge in [-0.15, -0.1) is 0 Å². The molecule has 1 unspecified atom stereocenters. The van der Waals surface area contributed by atoms with Crippen LogP contribution in [0.1, 0.15) is 0 Å². The van der Waals surface area contributed by atoms with Gasteiger partial charge >= 0.3 is 0 Å². The molecule has 0 saturated heterocycles. The van der Waals surface area contributed by atoms with E-state index in [1.165, 1.54) is 0 Å². The minimum atomic E-state index is -1.52. The van der Waals surface area contributed by atoms with Crippen molar-refractivity contribution >= 4 is 5.78 Å². The maximum atomic E-state index is 9.89. The highest BCUT2D eigenvalue weighted by Crippen LogP contribution is 1.69. The number of aliphatic hydroxyl groups is 2. The predicted octanol–water partition coefficient (Wildman–Crippen LogP) is -2.18. The highest BCUT2D eigenvalue weighted by atomic mass is 16.3. The maximum absolute atomic E-state index is 9.89. The number of hydrogen-bond acceptors (Lipinski definition) is 4. The van der Waals surface area contributed by atoms with E-state index in [2.05, 4.69) is 5.73 Å². The van der Waals surface area contributed by atoms with Crippen LogP contribution in [0.5, 0.6) is 0 Å². The molecular formula is C3H7NO3. The fourth-order valence-corrected chi connectivity index (χ4v) is 0.0935. The molecule has 0 radical (unpaired) electrons. The highest BCUT2D eigenvalue weighted by molar-refractivity contribution is 5.82. The molecule has 0 saturated carbocycles. The van der Waals surface area contributed by atoms with Gasteiger partial charge in [0.05, 0.1) is 0 Å². The molecule has 0 spiro atoms. The van der Waals surface area contributed by atoms with Gasteiger partial charge in [0.2, 0.25) is 5.78 Å². The topological polar surface area (TPSA) is 83.5 Å². The summed E-state index contributed by atoms with van der Waals surface area (Å²) >= 11 is 0. The number of Topliss-reactive ketones (excluding diaryl/α,β-unsaturated/α-hetero) is 1. The van der Waals surface area contributed by atoms with Crippen LogP contribution in [0.3, 0.4) is 0 Å². The number of nitrogens with two attached hydrogens (primary N) is 1. The quantitative estimate of drug-likeness (QED) is 0.349. The first kappa shape index (κ1) is 6.55. The predicted molar refractivity (Wildman–Crippen MR) is 22.3 cm³/mol. The van der Waals surface area contributed by atoms with Crippen molar-refractivity contribution in [1.29, 1.82) is 0 Å². The second kappa shape index (κ2) is 2.68. The lowest BCUT2D eigenvalue weighted by Gasteiger charge is -1.95. The van der Waals surface area contributed by atoms with E-state index >= 15 is 0 Å². The van der Waals surface area contributed by atoms with Crippen LogP contribution >= 0.6 is 0 Å². The molecule has 0 rings (SSSR count). The molecule has 0 aromatic rings. The summed E-state index contributed by atoms with van der Waals surface area (Å²) in [5.41, 5.74) is 4.59. The van der Waals surface area contributed by atoms with Gasteiger partial charge < -0.3 is 10.2 Å². The second-order valence-electron chi connectivity index (χ2n) is 1.07. The van der Waals surface area contributed by atoms with E-state index in [0.29, 0.717) is 0 Å². The largest absolute Gasteiger partial charge is 0.388 e. The van der Waals surface area contributed by atoms with E-state index in [1.807, 2.05) is 0 Å². The Morgan fingerprint density at radius 1 is 1.86 bits per heavy atom. The summed E-state index contributed by atoms with van der Waals surface area (Å²) < 4.78 is 0. The van der Waals surface area contributed by atoms with Crippen molar-refractivity contribution in [1.82, 2.24) is 0 Å². The molecule has 0 aliphatic heterocycles. The van der Waals surface area contributed by atoms with Crippen LogP contribution in [-0.4, -0.2) is 28.8 Å². The lowest BCUT2D eigenvalue weighted by atomic mass is 10.4. The number of ketones is 1. The first-order valence-corrected chi connectivity index (χ1v) is 1.75. The van der Waals surface area contributed by atoms with Crippen LogP contribution in [-0.2, 0) is 4.79 Å². The summed E-state index contributed by atoms with van der Waals surface area (Å²) in [6, 6.07) is 0. The van der Waals surface area contributed by atoms with Crippen LogP contribution < -0.4 is 5.73 Å². The van der Waals surface area contributed by atoms with Crippen LogP contribution in [0.15, 0.2) is 0 Å². The summed E-state index contributed by atoms with van der Waals surface area (Å²) in [5, 5.41) is 16.0. The third-order valence-electron chi connectivity index (χ3n) is 0.486. The molecular weight excluding hydrogens is 98.0 g/mol. The van der Waals surface area contributed by atoms with E-state index in [0.717, 1.165) is 0 Å². The van der Waals surface area contributed by atoms with Gasteiger partial charge in [0, 0.05) is 0 Å². The number of rotatable bonds is 2. The van der Waals surface area contributed by atoms with Crippen LogP contribution in [0.2, 0.25) is 0 Å². The summed E-state index contributed by atoms with van der Waals surface area (Å²) in [4.78, 5) is 9.89. The fraction of sp³-hybridized carbons (Fsp3) is 0.667. The van der Waals surface area contributed by atoms with Crippen LogP contribution in [0, 0.1) is 0 Å². The number of hydrogen-bond donors (Lipinski definition) is 3. The molecule has 4 heteroatoms. The normalized spacial score (nSPS) is 13.6. The van der Waals surface area contributed by atoms with Gasteiger partial charge in [0.15, 0.2) is 6.23 Å². The fourth-order valence-electron chi connectivity index (χ4n) is 0.0935. The van der Waals surface area contributed by atoms with Gasteiger partial charge in [-0.25, -0.2) is 0 Å². The van der Waals surface area contributed by atoms with E-state index in [1.54, 1.807) is 0 Å². The van der Waals surface area contributed by atoms with Crippen LogP contribution in [0.4, 0.5) is 0 Å². The molecule has 42 valence electrons. The summed E-state index contributed by atoms with van der Waals surface area (Å²) in [6.45, 7) is -0.697. The molecule has 0 aromatic carbocycles. The highest BCUT2D eigenvalue weighted by Gasteiger charge is 2.04. The molecule has 4 N–H and O–H groups in total. The standard InChI is InChI=1S/C3H7NO3/c4-3(7)2(6)1-5/h3,5,7H,1,4H2. The number of aliphatic hydroxyl groups excluding tert-OH is 2. The van der Waals surface area contributed by atoms with E-state index < -0.39 is 18.6 Å². The Kier molecular flexibility index (Phi) is 2.51. The lowest BCUT2D eigenvalue weighted by Crippen LogP contribution is -2.31. The van der Waals surface area contributed by atoms with Crippen LogP contribution in [0.25, 0.3) is 0 Å². The number of carbonyl (C=O) groups excluding carboxylic acids is 1. The van der Waals surface area contributed by atoms with E-state index in [4.69, 9.17) is 10.2 Å². The summed E-state index contributed by atoms with van der Waals surface area (Å²) in [6.07, 6.45) is -1.52. The van der Waals surface area contributed by atoms with E-state index in [9.17, 15) is 4.79 Å². The van der Waals surface area contributed by atoms with Crippen molar-refractivity contribution in [2.45, 2.75) is 6.23 Å². The van der Waals surface area contributed by atoms with E-state index in [-0.39, 0.29) is 0 Å². The Balaban J connectivity index is 3.35. The molecule has 0 aliphatic rings. The smallest absolute Gasteiger partial charge is 0.201 e. The third-order valence-corrected chi connectivity index (χ3v) is 0.486.